The van der Waals surface area contributed by atoms with Gasteiger partial charge >= 0.3 is 0 Å². The maximum absolute atomic E-state index is 12.9. The Morgan fingerprint density at radius 3 is 2.42 bits per heavy atom. The van der Waals surface area contributed by atoms with Gasteiger partial charge in [-0.1, -0.05) is 108 Å². The molecule has 0 bridgehead atoms. The first-order valence-corrected chi connectivity index (χ1v) is 16.2. The number of aromatic nitrogens is 2. The van der Waals surface area contributed by atoms with E-state index in [4.69, 9.17) is 16.6 Å². The lowest BCUT2D eigenvalue weighted by atomic mass is 10.1. The van der Waals surface area contributed by atoms with E-state index in [1.54, 1.807) is 0 Å². The molecule has 1 aliphatic heterocycles. The van der Waals surface area contributed by atoms with Crippen LogP contribution in [0, 0.1) is 0 Å². The number of hydrogen-bond donors (Lipinski definition) is 1. The van der Waals surface area contributed by atoms with E-state index in [1.165, 1.54) is 22.9 Å². The Hall–Kier alpha value is -3.65. The van der Waals surface area contributed by atoms with Crippen LogP contribution in [0.15, 0.2) is 102 Å². The third-order valence-corrected chi connectivity index (χ3v) is 8.59. The molecular formula is C35H38ClN5OS. The smallest absolute Gasteiger partial charge is 0.251 e. The highest BCUT2D eigenvalue weighted by molar-refractivity contribution is 7.98. The quantitative estimate of drug-likeness (QED) is 0.106. The molecule has 1 fully saturated rings. The minimum Gasteiger partial charge on any atom is -0.354 e. The number of nitrogens with zero attached hydrogens (tertiary/aromatic N) is 4. The summed E-state index contributed by atoms with van der Waals surface area (Å²) in [6.45, 7) is 6.68. The van der Waals surface area contributed by atoms with Gasteiger partial charge in [-0.2, -0.15) is 0 Å². The number of amides is 1. The Kier molecular flexibility index (Phi) is 11.3. The predicted octanol–water partition coefficient (Wildman–Crippen LogP) is 7.01. The number of piperazine rings is 1. The van der Waals surface area contributed by atoms with Crippen molar-refractivity contribution in [3.8, 4) is 0 Å². The Morgan fingerprint density at radius 1 is 0.930 bits per heavy atom. The molecule has 1 aromatic heterocycles. The minimum atomic E-state index is -0.0524. The number of hydrogen-bond acceptors (Lipinski definition) is 6. The molecule has 1 amide bonds. The Bertz CT molecular complexity index is 1490. The third kappa shape index (κ3) is 9.68. The predicted molar refractivity (Wildman–Crippen MR) is 179 cm³/mol. The van der Waals surface area contributed by atoms with Crippen molar-refractivity contribution < 1.29 is 4.79 Å². The van der Waals surface area contributed by atoms with E-state index in [-0.39, 0.29) is 11.9 Å². The van der Waals surface area contributed by atoms with Crippen molar-refractivity contribution in [2.75, 3.05) is 37.6 Å². The molecule has 8 heteroatoms. The molecule has 0 radical (unpaired) electrons. The highest BCUT2D eigenvalue weighted by Gasteiger charge is 2.19. The van der Waals surface area contributed by atoms with Gasteiger partial charge in [-0.05, 0) is 48.6 Å². The zero-order chi connectivity index (χ0) is 29.9. The Balaban J connectivity index is 1.10. The lowest BCUT2D eigenvalue weighted by Crippen LogP contribution is -2.46. The lowest BCUT2D eigenvalue weighted by molar-refractivity contribution is 0.0938. The molecule has 1 atom stereocenters. The van der Waals surface area contributed by atoms with Crippen molar-refractivity contribution in [1.82, 2.24) is 20.2 Å². The second-order valence-electron chi connectivity index (χ2n) is 10.8. The van der Waals surface area contributed by atoms with Gasteiger partial charge in [-0.25, -0.2) is 9.97 Å². The zero-order valence-corrected chi connectivity index (χ0v) is 26.1. The van der Waals surface area contributed by atoms with Crippen LogP contribution in [0.1, 0.15) is 40.4 Å². The number of anilines is 1. The lowest BCUT2D eigenvalue weighted by Gasteiger charge is -2.35. The fourth-order valence-electron chi connectivity index (χ4n) is 5.03. The van der Waals surface area contributed by atoms with Crippen molar-refractivity contribution in [2.24, 2.45) is 0 Å². The van der Waals surface area contributed by atoms with Crippen LogP contribution < -0.4 is 10.2 Å². The standard InChI is InChI=1S/C35H38ClN5OS/c1-27(17-18-29-12-6-3-7-13-29)37-34(42)31-16-8-14-30(24-31)26-43-35-38-32(36)25-33(39-35)41-22-20-40(21-23-41)19-9-15-28-10-4-2-5-11-28/h2-16,24-25,27H,17-23,26H2,1H3,(H,37,42)/b15-9+. The highest BCUT2D eigenvalue weighted by atomic mass is 35.5. The number of nitrogens with one attached hydrogen (secondary N) is 1. The zero-order valence-electron chi connectivity index (χ0n) is 24.5. The summed E-state index contributed by atoms with van der Waals surface area (Å²) in [5.41, 5.74) is 4.20. The van der Waals surface area contributed by atoms with Gasteiger partial charge in [-0.3, -0.25) is 9.69 Å². The number of aryl methyl sites for hydroxylation is 1. The number of thioether (sulfide) groups is 1. The van der Waals surface area contributed by atoms with Crippen molar-refractivity contribution >= 4 is 41.2 Å². The van der Waals surface area contributed by atoms with Gasteiger partial charge in [0.1, 0.15) is 11.0 Å². The van der Waals surface area contributed by atoms with Crippen LogP contribution >= 0.6 is 23.4 Å². The molecule has 1 aliphatic rings. The molecule has 0 aliphatic carbocycles. The van der Waals surface area contributed by atoms with Crippen LogP contribution in [0.2, 0.25) is 5.15 Å². The SMILES string of the molecule is CC(CCc1ccccc1)NC(=O)c1cccc(CSc2nc(Cl)cc(N3CCN(C/C=C/c4ccccc4)CC3)n2)c1. The average molecular weight is 612 g/mol. The van der Waals surface area contributed by atoms with Gasteiger partial charge in [0.2, 0.25) is 0 Å². The molecule has 1 saturated heterocycles. The van der Waals surface area contributed by atoms with Crippen molar-refractivity contribution in [3.63, 3.8) is 0 Å². The molecule has 2 heterocycles. The van der Waals surface area contributed by atoms with Gasteiger partial charge in [0, 0.05) is 56.1 Å². The van der Waals surface area contributed by atoms with Gasteiger partial charge in [-0.15, -0.1) is 0 Å². The molecule has 0 saturated carbocycles. The molecule has 5 rings (SSSR count). The van der Waals surface area contributed by atoms with Crippen LogP contribution in [0.3, 0.4) is 0 Å². The van der Waals surface area contributed by atoms with Gasteiger partial charge in [0.05, 0.1) is 0 Å². The molecule has 222 valence electrons. The van der Waals surface area contributed by atoms with Crippen LogP contribution in [0.25, 0.3) is 6.08 Å². The largest absolute Gasteiger partial charge is 0.354 e. The maximum atomic E-state index is 12.9. The molecule has 1 N–H and O–H groups in total. The summed E-state index contributed by atoms with van der Waals surface area (Å²) in [5.74, 6) is 1.45. The van der Waals surface area contributed by atoms with Crippen LogP contribution in [-0.2, 0) is 12.2 Å². The number of carbonyl (C=O) groups is 1. The second kappa shape index (κ2) is 15.7. The summed E-state index contributed by atoms with van der Waals surface area (Å²) in [5, 5.41) is 4.22. The summed E-state index contributed by atoms with van der Waals surface area (Å²) >= 11 is 7.95. The monoisotopic (exact) mass is 611 g/mol. The highest BCUT2D eigenvalue weighted by Crippen LogP contribution is 2.25. The van der Waals surface area contributed by atoms with Gasteiger partial charge in [0.25, 0.3) is 5.91 Å². The van der Waals surface area contributed by atoms with Gasteiger partial charge < -0.3 is 10.2 Å². The topological polar surface area (TPSA) is 61.4 Å². The van der Waals surface area contributed by atoms with E-state index in [2.05, 4.69) is 75.6 Å². The van der Waals surface area contributed by atoms with Gasteiger partial charge in [0.15, 0.2) is 5.16 Å². The third-order valence-electron chi connectivity index (χ3n) is 7.47. The molecule has 6 nitrogen and oxygen atoms in total. The number of halogens is 1. The first-order chi connectivity index (χ1) is 21.0. The van der Waals surface area contributed by atoms with E-state index >= 15 is 0 Å². The molecular weight excluding hydrogens is 574 g/mol. The van der Waals surface area contributed by atoms with E-state index < -0.39 is 0 Å². The normalized spacial score (nSPS) is 14.6. The molecule has 0 spiro atoms. The summed E-state index contributed by atoms with van der Waals surface area (Å²) in [6.07, 6.45) is 6.23. The Labute approximate surface area is 264 Å². The molecule has 4 aromatic rings. The van der Waals surface area contributed by atoms with Crippen molar-refractivity contribution in [2.45, 2.75) is 36.7 Å². The average Bonchev–Trinajstić information content (AvgIpc) is 3.04. The molecule has 3 aromatic carbocycles. The van der Waals surface area contributed by atoms with E-state index in [9.17, 15) is 4.79 Å². The molecule has 1 unspecified atom stereocenters. The summed E-state index contributed by atoms with van der Waals surface area (Å²) in [4.78, 5) is 26.9. The van der Waals surface area contributed by atoms with Crippen molar-refractivity contribution in [1.29, 1.82) is 0 Å². The number of carbonyl (C=O) groups excluding carboxylic acids is 1. The summed E-state index contributed by atoms with van der Waals surface area (Å²) < 4.78 is 0. The maximum Gasteiger partial charge on any atom is 0.251 e. The fraction of sp³-hybridized carbons (Fsp3) is 0.286. The van der Waals surface area contributed by atoms with Crippen LogP contribution in [0.4, 0.5) is 5.82 Å². The fourth-order valence-corrected chi connectivity index (χ4v) is 6.05. The first-order valence-electron chi connectivity index (χ1n) is 14.8. The second-order valence-corrected chi connectivity index (χ2v) is 12.1. The van der Waals surface area contributed by atoms with E-state index in [0.717, 1.165) is 56.9 Å². The van der Waals surface area contributed by atoms with Crippen molar-refractivity contribution in [3.05, 3.63) is 124 Å². The summed E-state index contributed by atoms with van der Waals surface area (Å²) in [6, 6.07) is 30.4. The van der Waals surface area contributed by atoms with Crippen LogP contribution in [0.5, 0.6) is 0 Å². The minimum absolute atomic E-state index is 0.0524. The van der Waals surface area contributed by atoms with E-state index in [1.807, 2.05) is 54.6 Å². The summed E-state index contributed by atoms with van der Waals surface area (Å²) in [7, 11) is 0. The molecule has 43 heavy (non-hydrogen) atoms. The first kappa shape index (κ1) is 30.8. The van der Waals surface area contributed by atoms with Crippen LogP contribution in [-0.4, -0.2) is 59.5 Å². The Morgan fingerprint density at radius 2 is 1.65 bits per heavy atom. The number of rotatable bonds is 12. The van der Waals surface area contributed by atoms with E-state index in [0.29, 0.717) is 21.6 Å². The number of benzene rings is 3.